The highest BCUT2D eigenvalue weighted by Gasteiger charge is 2.38. The van der Waals surface area contributed by atoms with Crippen molar-refractivity contribution >= 4 is 23.4 Å². The van der Waals surface area contributed by atoms with Crippen LogP contribution in [0, 0.1) is 6.92 Å². The average molecular weight is 557 g/mol. The van der Waals surface area contributed by atoms with Crippen LogP contribution in [-0.2, 0) is 19.1 Å². The van der Waals surface area contributed by atoms with Crippen molar-refractivity contribution < 1.29 is 19.1 Å². The molecule has 0 bridgehead atoms. The normalized spacial score (nSPS) is 16.6. The summed E-state index contributed by atoms with van der Waals surface area (Å²) in [5.41, 5.74) is 6.82. The van der Waals surface area contributed by atoms with Gasteiger partial charge in [0.1, 0.15) is 17.2 Å². The number of benzene rings is 1. The molecule has 0 radical (unpaired) electrons. The first-order chi connectivity index (χ1) is 19.8. The van der Waals surface area contributed by atoms with Gasteiger partial charge in [-0.2, -0.15) is 0 Å². The molecule has 1 saturated carbocycles. The van der Waals surface area contributed by atoms with E-state index < -0.39 is 17.9 Å². The molecule has 0 saturated heterocycles. The van der Waals surface area contributed by atoms with Crippen molar-refractivity contribution in [3.05, 3.63) is 76.3 Å². The number of aryl methyl sites for hydroxylation is 1. The summed E-state index contributed by atoms with van der Waals surface area (Å²) in [7, 11) is 0. The summed E-state index contributed by atoms with van der Waals surface area (Å²) in [6.07, 6.45) is 6.06. The largest absolute Gasteiger partial charge is 0.463 e. The lowest BCUT2D eigenvalue weighted by atomic mass is 9.80. The van der Waals surface area contributed by atoms with Crippen LogP contribution in [0.1, 0.15) is 77.0 Å². The number of allylic oxidation sites excluding steroid dienone is 2. The van der Waals surface area contributed by atoms with E-state index >= 15 is 0 Å². The Bertz CT molecular complexity index is 1470. The zero-order chi connectivity index (χ0) is 29.1. The molecule has 0 atom stereocenters. The van der Waals surface area contributed by atoms with E-state index in [0.717, 1.165) is 46.8 Å². The molecule has 2 aliphatic rings. The SMILES string of the molecule is CCOC(=O)C1=C(C)NC(C)=C(C(=O)OCC)C1c1ccc(-c2nc3cccc(C)n3c2NC2CCCCC2)cc1. The van der Waals surface area contributed by atoms with Gasteiger partial charge in [0.05, 0.1) is 30.3 Å². The Hall–Kier alpha value is -4.07. The second-order valence-corrected chi connectivity index (χ2v) is 10.8. The number of pyridine rings is 1. The van der Waals surface area contributed by atoms with E-state index in [4.69, 9.17) is 14.5 Å². The maximum Gasteiger partial charge on any atom is 0.336 e. The topological polar surface area (TPSA) is 94.0 Å². The fourth-order valence-corrected chi connectivity index (χ4v) is 6.15. The maximum atomic E-state index is 13.2. The highest BCUT2D eigenvalue weighted by atomic mass is 16.5. The molecule has 3 heterocycles. The zero-order valence-electron chi connectivity index (χ0n) is 24.7. The number of nitrogens with zero attached hydrogens (tertiary/aromatic N) is 2. The Morgan fingerprint density at radius 2 is 1.51 bits per heavy atom. The Balaban J connectivity index is 1.58. The molecule has 1 aromatic carbocycles. The number of rotatable bonds is 8. The molecule has 216 valence electrons. The van der Waals surface area contributed by atoms with Gasteiger partial charge in [-0.3, -0.25) is 4.40 Å². The van der Waals surface area contributed by atoms with E-state index in [0.29, 0.717) is 28.6 Å². The van der Waals surface area contributed by atoms with Crippen molar-refractivity contribution in [2.45, 2.75) is 78.7 Å². The minimum atomic E-state index is -0.619. The van der Waals surface area contributed by atoms with Gasteiger partial charge in [-0.15, -0.1) is 0 Å². The van der Waals surface area contributed by atoms with E-state index in [2.05, 4.69) is 28.0 Å². The standard InChI is InChI=1S/C33H40N4O4/c1-6-40-32(38)27-21(4)34-22(5)28(33(39)41-7-2)29(27)23-16-18-24(19-17-23)30-31(35-25-13-9-8-10-14-25)37-20(3)12-11-15-26(37)36-30/h11-12,15-19,25,29,34-35H,6-10,13-14H2,1-5H3. The first-order valence-corrected chi connectivity index (χ1v) is 14.7. The van der Waals surface area contributed by atoms with Gasteiger partial charge in [0.25, 0.3) is 0 Å². The van der Waals surface area contributed by atoms with Crippen LogP contribution in [0.15, 0.2) is 65.0 Å². The second-order valence-electron chi connectivity index (χ2n) is 10.8. The molecule has 0 unspecified atom stereocenters. The zero-order valence-corrected chi connectivity index (χ0v) is 24.7. The monoisotopic (exact) mass is 556 g/mol. The number of carbonyl (C=O) groups is 2. The van der Waals surface area contributed by atoms with Gasteiger partial charge in [0.2, 0.25) is 0 Å². The second kappa shape index (κ2) is 12.2. The van der Waals surface area contributed by atoms with E-state index in [1.807, 2.05) is 50.2 Å². The van der Waals surface area contributed by atoms with Crippen LogP contribution in [0.4, 0.5) is 5.82 Å². The summed E-state index contributed by atoms with van der Waals surface area (Å²) < 4.78 is 13.0. The van der Waals surface area contributed by atoms with Gasteiger partial charge in [-0.05, 0) is 65.2 Å². The molecule has 3 aromatic rings. The van der Waals surface area contributed by atoms with Gasteiger partial charge in [-0.1, -0.05) is 49.6 Å². The molecule has 8 nitrogen and oxygen atoms in total. The number of nitrogens with one attached hydrogen (secondary N) is 2. The van der Waals surface area contributed by atoms with Crippen LogP contribution in [0.3, 0.4) is 0 Å². The Labute approximate surface area is 241 Å². The molecule has 1 fully saturated rings. The van der Waals surface area contributed by atoms with Crippen LogP contribution in [0.2, 0.25) is 0 Å². The minimum absolute atomic E-state index is 0.239. The third kappa shape index (κ3) is 5.60. The number of hydrogen-bond donors (Lipinski definition) is 2. The Morgan fingerprint density at radius 1 is 0.902 bits per heavy atom. The fourth-order valence-electron chi connectivity index (χ4n) is 6.15. The number of anilines is 1. The van der Waals surface area contributed by atoms with E-state index in [1.165, 1.54) is 19.3 Å². The minimum Gasteiger partial charge on any atom is -0.463 e. The van der Waals surface area contributed by atoms with E-state index in [1.54, 1.807) is 13.8 Å². The summed E-state index contributed by atoms with van der Waals surface area (Å²) >= 11 is 0. The molecule has 1 aliphatic carbocycles. The van der Waals surface area contributed by atoms with Crippen molar-refractivity contribution in [2.24, 2.45) is 0 Å². The molecular weight excluding hydrogens is 516 g/mol. The molecule has 0 amide bonds. The van der Waals surface area contributed by atoms with Crippen LogP contribution in [0.5, 0.6) is 0 Å². The van der Waals surface area contributed by atoms with Crippen molar-refractivity contribution in [1.82, 2.24) is 14.7 Å². The number of esters is 2. The summed E-state index contributed by atoms with van der Waals surface area (Å²) in [6.45, 7) is 9.80. The third-order valence-electron chi connectivity index (χ3n) is 8.05. The maximum absolute atomic E-state index is 13.2. The van der Waals surface area contributed by atoms with Gasteiger partial charge in [0.15, 0.2) is 0 Å². The van der Waals surface area contributed by atoms with Gasteiger partial charge in [0, 0.05) is 28.7 Å². The molecular formula is C33H40N4O4. The molecule has 2 N–H and O–H groups in total. The third-order valence-corrected chi connectivity index (χ3v) is 8.05. The first kappa shape index (κ1) is 28.5. The summed E-state index contributed by atoms with van der Waals surface area (Å²) in [5.74, 6) is -0.511. The molecule has 5 rings (SSSR count). The molecule has 8 heteroatoms. The van der Waals surface area contributed by atoms with Crippen molar-refractivity contribution in [2.75, 3.05) is 18.5 Å². The van der Waals surface area contributed by atoms with Crippen molar-refractivity contribution in [1.29, 1.82) is 0 Å². The fraction of sp³-hybridized carbons (Fsp3) is 0.424. The molecule has 41 heavy (non-hydrogen) atoms. The highest BCUT2D eigenvalue weighted by Crippen LogP contribution is 2.40. The predicted octanol–water partition coefficient (Wildman–Crippen LogP) is 6.42. The number of fused-ring (bicyclic) bond motifs is 1. The lowest BCUT2D eigenvalue weighted by Gasteiger charge is -2.30. The average Bonchev–Trinajstić information content (AvgIpc) is 3.32. The lowest BCUT2D eigenvalue weighted by molar-refractivity contribution is -0.139. The Kier molecular flexibility index (Phi) is 8.47. The van der Waals surface area contributed by atoms with Crippen molar-refractivity contribution in [3.63, 3.8) is 0 Å². The Morgan fingerprint density at radius 3 is 2.10 bits per heavy atom. The predicted molar refractivity (Wildman–Crippen MR) is 160 cm³/mol. The lowest BCUT2D eigenvalue weighted by Crippen LogP contribution is -2.32. The highest BCUT2D eigenvalue weighted by molar-refractivity contribution is 6.00. The smallest absolute Gasteiger partial charge is 0.336 e. The molecule has 1 aliphatic heterocycles. The number of ether oxygens (including phenoxy) is 2. The van der Waals surface area contributed by atoms with Crippen LogP contribution < -0.4 is 10.6 Å². The molecule has 0 spiro atoms. The van der Waals surface area contributed by atoms with Crippen LogP contribution in [-0.4, -0.2) is 40.6 Å². The van der Waals surface area contributed by atoms with Crippen LogP contribution >= 0.6 is 0 Å². The van der Waals surface area contributed by atoms with E-state index in [-0.39, 0.29) is 13.2 Å². The summed E-state index contributed by atoms with van der Waals surface area (Å²) in [4.78, 5) is 31.4. The number of dihydropyridines is 1. The first-order valence-electron chi connectivity index (χ1n) is 14.7. The van der Waals surface area contributed by atoms with Gasteiger partial charge < -0.3 is 20.1 Å². The summed E-state index contributed by atoms with van der Waals surface area (Å²) in [6, 6.07) is 14.6. The quantitative estimate of drug-likeness (QED) is 0.310. The number of hydrogen-bond acceptors (Lipinski definition) is 7. The number of imidazole rings is 1. The van der Waals surface area contributed by atoms with E-state index in [9.17, 15) is 9.59 Å². The van der Waals surface area contributed by atoms with Gasteiger partial charge in [-0.25, -0.2) is 14.6 Å². The van der Waals surface area contributed by atoms with Crippen molar-refractivity contribution in [3.8, 4) is 11.3 Å². The van der Waals surface area contributed by atoms with Crippen LogP contribution in [0.25, 0.3) is 16.9 Å². The summed E-state index contributed by atoms with van der Waals surface area (Å²) in [5, 5.41) is 7.03. The number of carbonyl (C=O) groups excluding carboxylic acids is 2. The number of aromatic nitrogens is 2. The van der Waals surface area contributed by atoms with Gasteiger partial charge >= 0.3 is 11.9 Å². The molecule has 2 aromatic heterocycles.